The third kappa shape index (κ3) is 4.41. The van der Waals surface area contributed by atoms with Crippen molar-refractivity contribution in [2.45, 2.75) is 18.2 Å². The molecule has 4 heterocycles. The number of nitrogens with zero attached hydrogens (tertiary/aromatic N) is 4. The fourth-order valence-corrected chi connectivity index (χ4v) is 5.99. The van der Waals surface area contributed by atoms with Gasteiger partial charge in [-0.3, -0.25) is 4.99 Å². The number of halogens is 5. The summed E-state index contributed by atoms with van der Waals surface area (Å²) in [6.45, 7) is 0. The fraction of sp³-hybridized carbons (Fsp3) is 0.240. The van der Waals surface area contributed by atoms with E-state index in [1.807, 2.05) is 6.07 Å². The standard InChI is InChI=1S/C25H19Cl2F3N4O2S/c1-34-12-31-11-19(34)24(35,14-4-7-18(32-10-14)25(28,29)30)13-3-5-16-15(9-13)22(27)21(23(33-16)36-2)17-6-8-20(26)37-17/h3,5-12,14,35H,4H2,1-2H3. The van der Waals surface area contributed by atoms with E-state index in [0.717, 1.165) is 17.2 Å². The quantitative estimate of drug-likeness (QED) is 0.289. The smallest absolute Gasteiger partial charge is 0.432 e. The average Bonchev–Trinajstić information content (AvgIpc) is 3.50. The van der Waals surface area contributed by atoms with E-state index >= 15 is 0 Å². The van der Waals surface area contributed by atoms with E-state index in [1.54, 1.807) is 35.9 Å². The van der Waals surface area contributed by atoms with Gasteiger partial charge in [-0.15, -0.1) is 11.3 Å². The predicted molar refractivity (Wildman–Crippen MR) is 139 cm³/mol. The molecule has 37 heavy (non-hydrogen) atoms. The molecule has 0 saturated carbocycles. The molecular formula is C25H19Cl2F3N4O2S. The molecule has 1 N–H and O–H groups in total. The molecule has 2 unspecified atom stereocenters. The van der Waals surface area contributed by atoms with Crippen LogP contribution in [0.5, 0.6) is 5.88 Å². The SMILES string of the molecule is COc1nc2ccc(C(O)(c3cncn3C)C3C=NC(C(F)(F)F)=CC3)cc2c(Cl)c1-c1ccc(Cl)s1. The maximum atomic E-state index is 13.2. The van der Waals surface area contributed by atoms with E-state index in [-0.39, 0.29) is 6.42 Å². The first-order valence-electron chi connectivity index (χ1n) is 11.0. The van der Waals surface area contributed by atoms with E-state index in [1.165, 1.54) is 31.0 Å². The molecule has 0 amide bonds. The van der Waals surface area contributed by atoms with Crippen molar-refractivity contribution in [3.63, 3.8) is 0 Å². The lowest BCUT2D eigenvalue weighted by atomic mass is 9.76. The van der Waals surface area contributed by atoms with Crippen LogP contribution in [0.15, 0.2) is 59.6 Å². The number of benzene rings is 1. The predicted octanol–water partition coefficient (Wildman–Crippen LogP) is 6.79. The number of alkyl halides is 3. The maximum Gasteiger partial charge on any atom is 0.432 e. The Bertz CT molecular complexity index is 1560. The molecule has 5 rings (SSSR count). The van der Waals surface area contributed by atoms with Gasteiger partial charge in [0.25, 0.3) is 0 Å². The molecule has 0 saturated heterocycles. The summed E-state index contributed by atoms with van der Waals surface area (Å²) < 4.78 is 47.2. The molecule has 0 radical (unpaired) electrons. The van der Waals surface area contributed by atoms with Crippen LogP contribution in [-0.4, -0.2) is 39.1 Å². The highest BCUT2D eigenvalue weighted by Gasteiger charge is 2.44. The topological polar surface area (TPSA) is 72.5 Å². The van der Waals surface area contributed by atoms with Crippen LogP contribution < -0.4 is 4.74 Å². The molecular weight excluding hydrogens is 548 g/mol. The Balaban J connectivity index is 1.69. The zero-order valence-corrected chi connectivity index (χ0v) is 21.8. The number of allylic oxidation sites excluding steroid dienone is 2. The number of aryl methyl sites for hydroxylation is 1. The van der Waals surface area contributed by atoms with E-state index < -0.39 is 23.4 Å². The minimum absolute atomic E-state index is 0.0917. The molecule has 3 aromatic heterocycles. The summed E-state index contributed by atoms with van der Waals surface area (Å²) >= 11 is 14.3. The molecule has 1 aromatic carbocycles. The number of methoxy groups -OCH3 is 1. The highest BCUT2D eigenvalue weighted by atomic mass is 35.5. The largest absolute Gasteiger partial charge is 0.480 e. The fourth-order valence-electron chi connectivity index (χ4n) is 4.52. The van der Waals surface area contributed by atoms with Crippen molar-refractivity contribution in [3.05, 3.63) is 75.2 Å². The van der Waals surface area contributed by atoms with Crippen LogP contribution in [0.2, 0.25) is 9.36 Å². The Labute approximate surface area is 223 Å². The molecule has 0 aliphatic carbocycles. The summed E-state index contributed by atoms with van der Waals surface area (Å²) in [4.78, 5) is 13.1. The average molecular weight is 567 g/mol. The minimum Gasteiger partial charge on any atom is -0.480 e. The monoisotopic (exact) mass is 566 g/mol. The van der Waals surface area contributed by atoms with Gasteiger partial charge in [0.1, 0.15) is 11.3 Å². The van der Waals surface area contributed by atoms with Crippen molar-refractivity contribution in [2.24, 2.45) is 18.0 Å². The summed E-state index contributed by atoms with van der Waals surface area (Å²) in [6.07, 6.45) is 0.461. The van der Waals surface area contributed by atoms with E-state index in [9.17, 15) is 18.3 Å². The second-order valence-corrected chi connectivity index (χ2v) is 10.6. The molecule has 6 nitrogen and oxygen atoms in total. The van der Waals surface area contributed by atoms with Gasteiger partial charge in [0.05, 0.1) is 45.8 Å². The number of aliphatic hydroxyl groups is 1. The summed E-state index contributed by atoms with van der Waals surface area (Å²) in [6, 6.07) is 8.58. The van der Waals surface area contributed by atoms with Gasteiger partial charge in [-0.05, 0) is 36.2 Å². The molecule has 0 bridgehead atoms. The van der Waals surface area contributed by atoms with Crippen LogP contribution in [-0.2, 0) is 12.6 Å². The Kier molecular flexibility index (Phi) is 6.56. The van der Waals surface area contributed by atoms with Crippen LogP contribution in [0, 0.1) is 5.92 Å². The zero-order valence-electron chi connectivity index (χ0n) is 19.4. The molecule has 0 spiro atoms. The Hall–Kier alpha value is -2.92. The molecule has 4 aromatic rings. The lowest BCUT2D eigenvalue weighted by Gasteiger charge is -2.36. The number of hydrogen-bond acceptors (Lipinski definition) is 6. The molecule has 2 atom stereocenters. The number of ether oxygens (including phenoxy) is 1. The summed E-state index contributed by atoms with van der Waals surface area (Å²) in [5.74, 6) is -0.498. The zero-order chi connectivity index (χ0) is 26.5. The molecule has 1 aliphatic rings. The van der Waals surface area contributed by atoms with Crippen molar-refractivity contribution in [3.8, 4) is 16.3 Å². The second kappa shape index (κ2) is 9.43. The number of aliphatic imine (C=N–C) groups is 1. The van der Waals surface area contributed by atoms with E-state index in [2.05, 4.69) is 15.0 Å². The molecule has 12 heteroatoms. The Morgan fingerprint density at radius 2 is 1.97 bits per heavy atom. The highest BCUT2D eigenvalue weighted by Crippen LogP contribution is 2.46. The Morgan fingerprint density at radius 3 is 2.54 bits per heavy atom. The number of rotatable bonds is 5. The van der Waals surface area contributed by atoms with Crippen molar-refractivity contribution in [1.82, 2.24) is 14.5 Å². The van der Waals surface area contributed by atoms with Crippen molar-refractivity contribution in [2.75, 3.05) is 7.11 Å². The molecule has 0 fully saturated rings. The van der Waals surface area contributed by atoms with E-state index in [4.69, 9.17) is 27.9 Å². The first kappa shape index (κ1) is 25.7. The van der Waals surface area contributed by atoms with E-state index in [0.29, 0.717) is 43.0 Å². The third-order valence-corrected chi connectivity index (χ3v) is 7.98. The van der Waals surface area contributed by atoms with Gasteiger partial charge >= 0.3 is 6.18 Å². The second-order valence-electron chi connectivity index (χ2n) is 8.51. The first-order valence-corrected chi connectivity index (χ1v) is 12.6. The van der Waals surface area contributed by atoms with Crippen LogP contribution in [0.25, 0.3) is 21.3 Å². The Morgan fingerprint density at radius 1 is 1.19 bits per heavy atom. The van der Waals surface area contributed by atoms with Crippen molar-refractivity contribution in [1.29, 1.82) is 0 Å². The van der Waals surface area contributed by atoms with Gasteiger partial charge < -0.3 is 14.4 Å². The van der Waals surface area contributed by atoms with Gasteiger partial charge in [0.15, 0.2) is 0 Å². The van der Waals surface area contributed by atoms with Crippen molar-refractivity contribution >= 4 is 51.7 Å². The lowest BCUT2D eigenvalue weighted by Crippen LogP contribution is -2.40. The normalized spacial score (nSPS) is 17.6. The number of aromatic nitrogens is 3. The molecule has 192 valence electrons. The maximum absolute atomic E-state index is 13.2. The van der Waals surface area contributed by atoms with Gasteiger partial charge in [-0.1, -0.05) is 35.3 Å². The number of fused-ring (bicyclic) bond motifs is 1. The number of pyridine rings is 1. The van der Waals surface area contributed by atoms with Crippen LogP contribution in [0.4, 0.5) is 13.2 Å². The van der Waals surface area contributed by atoms with Crippen molar-refractivity contribution < 1.29 is 23.0 Å². The van der Waals surface area contributed by atoms with Gasteiger partial charge in [0, 0.05) is 29.4 Å². The summed E-state index contributed by atoms with van der Waals surface area (Å²) in [5.41, 5.74) is -0.921. The van der Waals surface area contributed by atoms with Crippen LogP contribution >= 0.6 is 34.5 Å². The number of hydrogen-bond donors (Lipinski definition) is 1. The molecule has 1 aliphatic heterocycles. The summed E-state index contributed by atoms with van der Waals surface area (Å²) in [7, 11) is 3.19. The van der Waals surface area contributed by atoms with Crippen LogP contribution in [0.1, 0.15) is 17.7 Å². The number of imidazole rings is 1. The number of thiophene rings is 1. The lowest BCUT2D eigenvalue weighted by molar-refractivity contribution is -0.0932. The van der Waals surface area contributed by atoms with Crippen LogP contribution in [0.3, 0.4) is 0 Å². The first-order chi connectivity index (χ1) is 17.5. The van der Waals surface area contributed by atoms with Gasteiger partial charge in [-0.25, -0.2) is 9.97 Å². The third-order valence-electron chi connectivity index (χ3n) is 6.33. The van der Waals surface area contributed by atoms with Gasteiger partial charge in [-0.2, -0.15) is 13.2 Å². The highest BCUT2D eigenvalue weighted by molar-refractivity contribution is 7.19. The van der Waals surface area contributed by atoms with Gasteiger partial charge in [0.2, 0.25) is 5.88 Å². The minimum atomic E-state index is -4.57. The summed E-state index contributed by atoms with van der Waals surface area (Å²) in [5, 5.41) is 13.1.